The van der Waals surface area contributed by atoms with Gasteiger partial charge in [-0.15, -0.1) is 0 Å². The molecule has 15 heavy (non-hydrogen) atoms. The first-order chi connectivity index (χ1) is 7.03. The van der Waals surface area contributed by atoms with Crippen molar-refractivity contribution in [3.8, 4) is 0 Å². The van der Waals surface area contributed by atoms with E-state index in [0.717, 1.165) is 5.35 Å². The van der Waals surface area contributed by atoms with Crippen molar-refractivity contribution in [1.29, 1.82) is 0 Å². The normalized spacial score (nSPS) is 15.1. The lowest BCUT2D eigenvalue weighted by Gasteiger charge is -2.09. The van der Waals surface area contributed by atoms with Crippen LogP contribution in [0.1, 0.15) is 20.8 Å². The number of aromatic nitrogens is 2. The summed E-state index contributed by atoms with van der Waals surface area (Å²) < 4.78 is 0. The van der Waals surface area contributed by atoms with Gasteiger partial charge in [0.05, 0.1) is 5.35 Å². The topological polar surface area (TPSA) is 51.8 Å². The van der Waals surface area contributed by atoms with Crippen molar-refractivity contribution in [3.63, 3.8) is 0 Å². The Morgan fingerprint density at radius 3 is 2.27 bits per heavy atom. The van der Waals surface area contributed by atoms with E-state index in [4.69, 9.17) is 5.73 Å². The number of hydrogen-bond donors (Lipinski definition) is 1. The fraction of sp³-hybridized carbons (Fsp3) is 0.333. The number of nitrogens with zero attached hydrogens (tertiary/aromatic N) is 2. The molecule has 1 rings (SSSR count). The van der Waals surface area contributed by atoms with Gasteiger partial charge < -0.3 is 5.73 Å². The van der Waals surface area contributed by atoms with Gasteiger partial charge >= 0.3 is 0 Å². The lowest BCUT2D eigenvalue weighted by molar-refractivity contribution is 0.544. The van der Waals surface area contributed by atoms with Crippen LogP contribution in [0.3, 0.4) is 0 Å². The smallest absolute Gasteiger partial charge is 0.104 e. The Labute approximate surface area is 90.1 Å². The minimum atomic E-state index is 0.172. The van der Waals surface area contributed by atoms with Gasteiger partial charge in [0.1, 0.15) is 5.35 Å². The third-order valence-corrected chi connectivity index (χ3v) is 1.76. The maximum atomic E-state index is 5.44. The molecule has 0 atom stereocenters. The molecule has 0 aliphatic carbocycles. The fourth-order valence-electron chi connectivity index (χ4n) is 1.04. The van der Waals surface area contributed by atoms with Crippen molar-refractivity contribution in [2.75, 3.05) is 0 Å². The van der Waals surface area contributed by atoms with E-state index < -0.39 is 0 Å². The lowest BCUT2D eigenvalue weighted by Crippen LogP contribution is -2.31. The molecule has 2 N–H and O–H groups in total. The van der Waals surface area contributed by atoms with E-state index in [0.29, 0.717) is 5.35 Å². The Kier molecular flexibility index (Phi) is 3.61. The second-order valence-electron chi connectivity index (χ2n) is 4.39. The van der Waals surface area contributed by atoms with Gasteiger partial charge in [0.2, 0.25) is 0 Å². The van der Waals surface area contributed by atoms with Crippen LogP contribution in [0, 0.1) is 5.41 Å². The Morgan fingerprint density at radius 2 is 1.73 bits per heavy atom. The summed E-state index contributed by atoms with van der Waals surface area (Å²) in [5, 5.41) is 1.50. The summed E-state index contributed by atoms with van der Waals surface area (Å²) in [5.74, 6) is 0. The highest BCUT2D eigenvalue weighted by Gasteiger charge is 2.01. The number of allylic oxidation sites excluding steroid dienone is 2. The summed E-state index contributed by atoms with van der Waals surface area (Å²) in [7, 11) is 0. The average molecular weight is 203 g/mol. The lowest BCUT2D eigenvalue weighted by atomic mass is 9.96. The predicted molar refractivity (Wildman–Crippen MR) is 63.0 cm³/mol. The molecular formula is C12H17N3. The molecule has 1 heterocycles. The highest BCUT2D eigenvalue weighted by molar-refractivity contribution is 5.35. The van der Waals surface area contributed by atoms with Gasteiger partial charge in [-0.25, -0.2) is 0 Å². The largest absolute Gasteiger partial charge is 0.403 e. The van der Waals surface area contributed by atoms with Crippen LogP contribution in [-0.4, -0.2) is 9.97 Å². The molecule has 0 aromatic carbocycles. The molecule has 0 saturated heterocycles. The monoisotopic (exact) mass is 203 g/mol. The molecule has 1 aromatic rings. The zero-order valence-electron chi connectivity index (χ0n) is 9.44. The summed E-state index contributed by atoms with van der Waals surface area (Å²) in [4.78, 5) is 8.29. The first kappa shape index (κ1) is 11.4. The van der Waals surface area contributed by atoms with Crippen LogP contribution in [0.5, 0.6) is 0 Å². The van der Waals surface area contributed by atoms with Gasteiger partial charge in [-0.1, -0.05) is 32.9 Å². The van der Waals surface area contributed by atoms with Gasteiger partial charge in [0, 0.05) is 18.6 Å². The van der Waals surface area contributed by atoms with Gasteiger partial charge in [-0.3, -0.25) is 9.97 Å². The molecule has 80 valence electrons. The molecular weight excluding hydrogens is 186 g/mol. The van der Waals surface area contributed by atoms with Crippen molar-refractivity contribution in [2.45, 2.75) is 20.8 Å². The highest BCUT2D eigenvalue weighted by Crippen LogP contribution is 2.13. The second kappa shape index (κ2) is 4.73. The zero-order chi connectivity index (χ0) is 11.3. The second-order valence-corrected chi connectivity index (χ2v) is 4.39. The van der Waals surface area contributed by atoms with Crippen molar-refractivity contribution < 1.29 is 0 Å². The number of nitrogens with two attached hydrogens (primary N) is 1. The third-order valence-electron chi connectivity index (χ3n) is 1.76. The molecule has 3 nitrogen and oxygen atoms in total. The van der Waals surface area contributed by atoms with Crippen LogP contribution >= 0.6 is 0 Å². The van der Waals surface area contributed by atoms with Crippen LogP contribution in [0.4, 0.5) is 0 Å². The van der Waals surface area contributed by atoms with Crippen molar-refractivity contribution >= 4 is 12.3 Å². The predicted octanol–water partition coefficient (Wildman–Crippen LogP) is 0.556. The molecule has 0 saturated carbocycles. The van der Waals surface area contributed by atoms with E-state index in [1.165, 1.54) is 6.20 Å². The number of hydrogen-bond acceptors (Lipinski definition) is 3. The molecule has 0 amide bonds. The minimum absolute atomic E-state index is 0.172. The zero-order valence-corrected chi connectivity index (χ0v) is 9.44. The Bertz CT molecular complexity index is 452. The van der Waals surface area contributed by atoms with E-state index in [-0.39, 0.29) is 5.41 Å². The SMILES string of the molecule is CC(C)(C)/C=C/C=c1/nccn/c1=C/N. The molecule has 1 aromatic heterocycles. The molecule has 0 aliphatic rings. The van der Waals surface area contributed by atoms with E-state index in [9.17, 15) is 0 Å². The van der Waals surface area contributed by atoms with E-state index in [1.54, 1.807) is 12.4 Å². The summed E-state index contributed by atoms with van der Waals surface area (Å²) in [6.45, 7) is 6.43. The van der Waals surface area contributed by atoms with Gasteiger partial charge in [-0.2, -0.15) is 0 Å². The van der Waals surface area contributed by atoms with Crippen LogP contribution in [0.2, 0.25) is 0 Å². The summed E-state index contributed by atoms with van der Waals surface area (Å²) in [6, 6.07) is 0. The van der Waals surface area contributed by atoms with Crippen LogP contribution in [0.15, 0.2) is 24.5 Å². The van der Waals surface area contributed by atoms with Gasteiger partial charge in [0.15, 0.2) is 0 Å². The van der Waals surface area contributed by atoms with Gasteiger partial charge in [0.25, 0.3) is 0 Å². The summed E-state index contributed by atoms with van der Waals surface area (Å²) in [5.41, 5.74) is 5.61. The Hall–Kier alpha value is -1.64. The Balaban J connectivity index is 3.08. The van der Waals surface area contributed by atoms with E-state index in [1.807, 2.05) is 12.2 Å². The van der Waals surface area contributed by atoms with Crippen molar-refractivity contribution in [2.24, 2.45) is 11.1 Å². The van der Waals surface area contributed by atoms with Crippen LogP contribution in [0.25, 0.3) is 12.3 Å². The standard InChI is InChI=1S/C12H17N3/c1-12(2,3)6-4-5-10-11(9-13)15-8-7-14-10/h4-9H,13H2,1-3H3/b6-4+,10-5+,11-9+. The first-order valence-corrected chi connectivity index (χ1v) is 4.91. The summed E-state index contributed by atoms with van der Waals surface area (Å²) in [6.07, 6.45) is 10.8. The van der Waals surface area contributed by atoms with Gasteiger partial charge in [-0.05, 0) is 11.5 Å². The molecule has 0 bridgehead atoms. The van der Waals surface area contributed by atoms with Crippen molar-refractivity contribution in [1.82, 2.24) is 9.97 Å². The fourth-order valence-corrected chi connectivity index (χ4v) is 1.04. The van der Waals surface area contributed by atoms with E-state index in [2.05, 4.69) is 36.8 Å². The number of rotatable bonds is 1. The average Bonchev–Trinajstić information content (AvgIpc) is 2.16. The quantitative estimate of drug-likeness (QED) is 0.725. The Morgan fingerprint density at radius 1 is 1.13 bits per heavy atom. The summed E-state index contributed by atoms with van der Waals surface area (Å²) >= 11 is 0. The first-order valence-electron chi connectivity index (χ1n) is 4.91. The van der Waals surface area contributed by atoms with E-state index >= 15 is 0 Å². The molecule has 0 unspecified atom stereocenters. The van der Waals surface area contributed by atoms with Crippen LogP contribution < -0.4 is 16.4 Å². The molecule has 0 fully saturated rings. The maximum Gasteiger partial charge on any atom is 0.104 e. The molecule has 0 radical (unpaired) electrons. The van der Waals surface area contributed by atoms with Crippen molar-refractivity contribution in [3.05, 3.63) is 35.2 Å². The highest BCUT2D eigenvalue weighted by atomic mass is 14.8. The maximum absolute atomic E-state index is 5.44. The molecule has 0 aliphatic heterocycles. The van der Waals surface area contributed by atoms with Crippen LogP contribution in [-0.2, 0) is 0 Å². The molecule has 0 spiro atoms. The minimum Gasteiger partial charge on any atom is -0.403 e. The third kappa shape index (κ3) is 3.94. The molecule has 3 heteroatoms.